The maximum atomic E-state index is 8.88. The van der Waals surface area contributed by atoms with Crippen molar-refractivity contribution in [2.75, 3.05) is 11.1 Å². The molecule has 0 aliphatic carbocycles. The highest BCUT2D eigenvalue weighted by molar-refractivity contribution is 5.72. The molecule has 0 unspecified atom stereocenters. The van der Waals surface area contributed by atoms with Gasteiger partial charge in [0.25, 0.3) is 0 Å². The van der Waals surface area contributed by atoms with Gasteiger partial charge in [-0.05, 0) is 19.1 Å². The van der Waals surface area contributed by atoms with Gasteiger partial charge in [-0.2, -0.15) is 5.26 Å². The van der Waals surface area contributed by atoms with Gasteiger partial charge in [-0.1, -0.05) is 6.07 Å². The van der Waals surface area contributed by atoms with Crippen molar-refractivity contribution < 1.29 is 0 Å². The third-order valence-electron chi connectivity index (χ3n) is 2.52. The highest BCUT2D eigenvalue weighted by atomic mass is 14.9. The quantitative estimate of drug-likeness (QED) is 0.798. The number of aromatic nitrogens is 2. The Bertz CT molecular complexity index is 583. The van der Waals surface area contributed by atoms with E-state index in [2.05, 4.69) is 15.3 Å². The Hall–Kier alpha value is -2.61. The van der Waals surface area contributed by atoms with Gasteiger partial charge in [-0.15, -0.1) is 0 Å². The third kappa shape index (κ3) is 2.55. The molecule has 0 spiro atoms. The molecular formula is C13H13N5. The van der Waals surface area contributed by atoms with E-state index in [0.29, 0.717) is 17.8 Å². The van der Waals surface area contributed by atoms with E-state index < -0.39 is 0 Å². The number of rotatable bonds is 3. The van der Waals surface area contributed by atoms with Crippen LogP contribution >= 0.6 is 0 Å². The zero-order valence-electron chi connectivity index (χ0n) is 10.0. The van der Waals surface area contributed by atoms with Crippen molar-refractivity contribution in [1.82, 2.24) is 9.97 Å². The fourth-order valence-electron chi connectivity index (χ4n) is 1.51. The summed E-state index contributed by atoms with van der Waals surface area (Å²) < 4.78 is 0. The maximum Gasteiger partial charge on any atom is 0.101 e. The van der Waals surface area contributed by atoms with Crippen LogP contribution in [0.3, 0.4) is 0 Å². The summed E-state index contributed by atoms with van der Waals surface area (Å²) >= 11 is 0. The number of nitrogens with zero attached hydrogens (tertiary/aromatic N) is 3. The first-order valence-electron chi connectivity index (χ1n) is 5.50. The highest BCUT2D eigenvalue weighted by Gasteiger charge is 2.04. The minimum Gasteiger partial charge on any atom is -0.396 e. The second-order valence-corrected chi connectivity index (χ2v) is 3.88. The minimum atomic E-state index is 0.458. The van der Waals surface area contributed by atoms with Crippen LogP contribution in [0.15, 0.2) is 30.6 Å². The van der Waals surface area contributed by atoms with Gasteiger partial charge in [0.05, 0.1) is 41.1 Å². The molecule has 5 heteroatoms. The number of nitrogen functional groups attached to an aromatic ring is 1. The second-order valence-electron chi connectivity index (χ2n) is 3.88. The average Bonchev–Trinajstić information content (AvgIpc) is 2.39. The van der Waals surface area contributed by atoms with Crippen LogP contribution < -0.4 is 11.1 Å². The number of nitrogens with two attached hydrogens (primary N) is 1. The van der Waals surface area contributed by atoms with Gasteiger partial charge in [-0.25, -0.2) is 0 Å². The van der Waals surface area contributed by atoms with Crippen LogP contribution in [-0.4, -0.2) is 9.97 Å². The van der Waals surface area contributed by atoms with Crippen LogP contribution in [0.4, 0.5) is 11.4 Å². The van der Waals surface area contributed by atoms with Gasteiger partial charge in [-0.3, -0.25) is 9.97 Å². The van der Waals surface area contributed by atoms with Gasteiger partial charge < -0.3 is 11.1 Å². The Labute approximate surface area is 105 Å². The molecule has 3 N–H and O–H groups in total. The summed E-state index contributed by atoms with van der Waals surface area (Å²) in [6.45, 7) is 2.41. The lowest BCUT2D eigenvalue weighted by molar-refractivity contribution is 0.985. The number of benzene rings is 1. The Balaban J connectivity index is 2.11. The van der Waals surface area contributed by atoms with E-state index in [1.165, 1.54) is 0 Å². The van der Waals surface area contributed by atoms with Crippen molar-refractivity contribution in [3.05, 3.63) is 47.5 Å². The number of aryl methyl sites for hydroxylation is 1. The monoisotopic (exact) mass is 239 g/mol. The lowest BCUT2D eigenvalue weighted by atomic mass is 10.1. The molecule has 5 nitrogen and oxygen atoms in total. The number of nitrogens with one attached hydrogen (secondary N) is 1. The molecule has 0 radical (unpaired) electrons. The van der Waals surface area contributed by atoms with Gasteiger partial charge in [0.1, 0.15) is 6.07 Å². The van der Waals surface area contributed by atoms with Gasteiger partial charge in [0, 0.05) is 6.20 Å². The number of hydrogen-bond donors (Lipinski definition) is 2. The second kappa shape index (κ2) is 5.15. The molecule has 1 aromatic heterocycles. The molecule has 90 valence electrons. The van der Waals surface area contributed by atoms with Crippen LogP contribution in [-0.2, 0) is 6.54 Å². The Morgan fingerprint density at radius 3 is 2.83 bits per heavy atom. The van der Waals surface area contributed by atoms with Crippen LogP contribution in [0.1, 0.15) is 17.0 Å². The van der Waals surface area contributed by atoms with Gasteiger partial charge in [0.15, 0.2) is 0 Å². The van der Waals surface area contributed by atoms with Crippen LogP contribution in [0.2, 0.25) is 0 Å². The molecule has 0 atom stereocenters. The lowest BCUT2D eigenvalue weighted by Crippen LogP contribution is -2.05. The van der Waals surface area contributed by atoms with Crippen molar-refractivity contribution in [3.8, 4) is 6.07 Å². The predicted octanol–water partition coefficient (Wildman–Crippen LogP) is 1.85. The molecule has 0 aliphatic heterocycles. The van der Waals surface area contributed by atoms with Gasteiger partial charge >= 0.3 is 0 Å². The van der Waals surface area contributed by atoms with Crippen molar-refractivity contribution in [2.24, 2.45) is 0 Å². The first-order valence-corrected chi connectivity index (χ1v) is 5.50. The van der Waals surface area contributed by atoms with E-state index >= 15 is 0 Å². The molecular weight excluding hydrogens is 226 g/mol. The number of anilines is 2. The molecule has 18 heavy (non-hydrogen) atoms. The summed E-state index contributed by atoms with van der Waals surface area (Å²) in [4.78, 5) is 8.40. The standard InChI is InChI=1S/C13H13N5/c1-9-6-17-11(7-16-9)8-18-12-4-2-3-10(5-14)13(12)15/h2-4,6-7,18H,8,15H2,1H3. The number of para-hydroxylation sites is 1. The van der Waals surface area contributed by atoms with Gasteiger partial charge in [0.2, 0.25) is 0 Å². The summed E-state index contributed by atoms with van der Waals surface area (Å²) in [5, 5.41) is 12.0. The summed E-state index contributed by atoms with van der Waals surface area (Å²) in [5.74, 6) is 0. The van der Waals surface area contributed by atoms with E-state index in [-0.39, 0.29) is 0 Å². The van der Waals surface area contributed by atoms with Crippen molar-refractivity contribution in [1.29, 1.82) is 5.26 Å². The Kier molecular flexibility index (Phi) is 3.39. The largest absolute Gasteiger partial charge is 0.396 e. The summed E-state index contributed by atoms with van der Waals surface area (Å²) in [7, 11) is 0. The topological polar surface area (TPSA) is 87.6 Å². The molecule has 0 fully saturated rings. The molecule has 0 saturated carbocycles. The van der Waals surface area contributed by atoms with Crippen LogP contribution in [0.25, 0.3) is 0 Å². The van der Waals surface area contributed by atoms with Crippen LogP contribution in [0, 0.1) is 18.3 Å². The average molecular weight is 239 g/mol. The highest BCUT2D eigenvalue weighted by Crippen LogP contribution is 2.22. The van der Waals surface area contributed by atoms with E-state index in [1.54, 1.807) is 24.5 Å². The smallest absolute Gasteiger partial charge is 0.101 e. The molecule has 0 amide bonds. The zero-order valence-corrected chi connectivity index (χ0v) is 10.0. The Morgan fingerprint density at radius 2 is 2.17 bits per heavy atom. The van der Waals surface area contributed by atoms with Crippen molar-refractivity contribution >= 4 is 11.4 Å². The van der Waals surface area contributed by atoms with E-state index in [9.17, 15) is 0 Å². The molecule has 0 bridgehead atoms. The van der Waals surface area contributed by atoms with E-state index in [4.69, 9.17) is 11.0 Å². The maximum absolute atomic E-state index is 8.88. The van der Waals surface area contributed by atoms with Crippen molar-refractivity contribution in [3.63, 3.8) is 0 Å². The Morgan fingerprint density at radius 1 is 1.33 bits per heavy atom. The first-order chi connectivity index (χ1) is 8.70. The first kappa shape index (κ1) is 11.9. The zero-order chi connectivity index (χ0) is 13.0. The third-order valence-corrected chi connectivity index (χ3v) is 2.52. The fraction of sp³-hybridized carbons (Fsp3) is 0.154. The lowest BCUT2D eigenvalue weighted by Gasteiger charge is -2.09. The SMILES string of the molecule is Cc1cnc(CNc2cccc(C#N)c2N)cn1. The normalized spacial score (nSPS) is 9.78. The minimum absolute atomic E-state index is 0.458. The summed E-state index contributed by atoms with van der Waals surface area (Å²) in [5.41, 5.74) is 9.22. The predicted molar refractivity (Wildman–Crippen MR) is 69.7 cm³/mol. The summed E-state index contributed by atoms with van der Waals surface area (Å²) in [6, 6.07) is 7.36. The molecule has 0 saturated heterocycles. The molecule has 2 rings (SSSR count). The van der Waals surface area contributed by atoms with Crippen molar-refractivity contribution in [2.45, 2.75) is 13.5 Å². The molecule has 1 heterocycles. The molecule has 2 aromatic rings. The number of hydrogen-bond acceptors (Lipinski definition) is 5. The van der Waals surface area contributed by atoms with Crippen LogP contribution in [0.5, 0.6) is 0 Å². The molecule has 0 aliphatic rings. The summed E-state index contributed by atoms with van der Waals surface area (Å²) in [6.07, 6.45) is 3.43. The van der Waals surface area contributed by atoms with E-state index in [0.717, 1.165) is 17.1 Å². The fourth-order valence-corrected chi connectivity index (χ4v) is 1.51. The number of nitriles is 1. The molecule has 1 aromatic carbocycles. The van der Waals surface area contributed by atoms with E-state index in [1.807, 2.05) is 19.1 Å².